The van der Waals surface area contributed by atoms with Gasteiger partial charge in [-0.25, -0.2) is 8.42 Å². The average molecular weight is 309 g/mol. The Morgan fingerprint density at radius 3 is 2.57 bits per heavy atom. The van der Waals surface area contributed by atoms with E-state index in [9.17, 15) is 23.1 Å². The van der Waals surface area contributed by atoms with Crippen LogP contribution < -0.4 is 4.90 Å². The van der Waals surface area contributed by atoms with E-state index >= 15 is 0 Å². The molecule has 1 amide bonds. The number of sulfone groups is 1. The summed E-state index contributed by atoms with van der Waals surface area (Å²) in [4.78, 5) is 25.2. The molecule has 7 heteroatoms. The first-order chi connectivity index (χ1) is 9.92. The van der Waals surface area contributed by atoms with E-state index in [4.69, 9.17) is 0 Å². The molecule has 2 aliphatic heterocycles. The van der Waals surface area contributed by atoms with Crippen molar-refractivity contribution in [3.05, 3.63) is 29.8 Å². The topological polar surface area (TPSA) is 91.8 Å². The molecule has 1 fully saturated rings. The average Bonchev–Trinajstić information content (AvgIpc) is 2.98. The highest BCUT2D eigenvalue weighted by atomic mass is 32.2. The van der Waals surface area contributed by atoms with Crippen molar-refractivity contribution in [2.45, 2.75) is 24.0 Å². The molecule has 1 saturated heterocycles. The molecule has 0 aromatic heterocycles. The molecule has 1 N–H and O–H groups in total. The summed E-state index contributed by atoms with van der Waals surface area (Å²) in [6.07, 6.45) is 0.800. The number of rotatable bonds is 2. The quantitative estimate of drug-likeness (QED) is 0.871. The van der Waals surface area contributed by atoms with E-state index in [1.165, 1.54) is 4.90 Å². The van der Waals surface area contributed by atoms with Gasteiger partial charge in [0.15, 0.2) is 9.84 Å². The molecule has 1 aromatic carbocycles. The van der Waals surface area contributed by atoms with E-state index in [1.54, 1.807) is 24.3 Å². The summed E-state index contributed by atoms with van der Waals surface area (Å²) in [5, 5.41) is 8.24. The molecule has 112 valence electrons. The zero-order valence-corrected chi connectivity index (χ0v) is 12.0. The zero-order valence-electron chi connectivity index (χ0n) is 11.2. The number of nitrogens with zero attached hydrogens (tertiary/aromatic N) is 1. The summed E-state index contributed by atoms with van der Waals surface area (Å²) in [6.45, 7) is -0.000463. The molecule has 0 spiro atoms. The number of hydrogen-bond donors (Lipinski definition) is 1. The van der Waals surface area contributed by atoms with Crippen molar-refractivity contribution in [2.24, 2.45) is 0 Å². The second-order valence-electron chi connectivity index (χ2n) is 5.40. The van der Waals surface area contributed by atoms with Crippen LogP contribution in [0.4, 0.5) is 5.69 Å². The van der Waals surface area contributed by atoms with Crippen LogP contribution in [0.2, 0.25) is 0 Å². The zero-order chi connectivity index (χ0) is 15.2. The third-order valence-corrected chi connectivity index (χ3v) is 6.30. The molecule has 2 aliphatic rings. The van der Waals surface area contributed by atoms with Crippen LogP contribution in [-0.2, 0) is 19.4 Å². The summed E-state index contributed by atoms with van der Waals surface area (Å²) in [5.74, 6) is -2.27. The summed E-state index contributed by atoms with van der Waals surface area (Å²) >= 11 is 0. The number of aliphatic carboxylic acids is 1. The van der Waals surface area contributed by atoms with Gasteiger partial charge in [0.05, 0.1) is 5.75 Å². The minimum atomic E-state index is -3.40. The maximum absolute atomic E-state index is 12.5. The van der Waals surface area contributed by atoms with Crippen molar-refractivity contribution < 1.29 is 23.1 Å². The molecule has 2 unspecified atom stereocenters. The maximum Gasteiger partial charge on any atom is 0.312 e. The van der Waals surface area contributed by atoms with Crippen molar-refractivity contribution in [2.75, 3.05) is 17.2 Å². The minimum absolute atomic E-state index is 0.000463. The Morgan fingerprint density at radius 1 is 1.24 bits per heavy atom. The number of anilines is 1. The summed E-state index contributed by atoms with van der Waals surface area (Å²) in [7, 11) is -3.40. The molecule has 0 aliphatic carbocycles. The Balaban J connectivity index is 1.97. The number of carboxylic acids is 1. The Labute approximate surface area is 122 Å². The lowest BCUT2D eigenvalue weighted by atomic mass is 10.0. The summed E-state index contributed by atoms with van der Waals surface area (Å²) < 4.78 is 23.8. The van der Waals surface area contributed by atoms with E-state index in [0.717, 1.165) is 0 Å². The van der Waals surface area contributed by atoms with Crippen molar-refractivity contribution in [3.8, 4) is 0 Å². The monoisotopic (exact) mass is 309 g/mol. The van der Waals surface area contributed by atoms with Gasteiger partial charge >= 0.3 is 5.97 Å². The predicted molar refractivity (Wildman–Crippen MR) is 76.0 cm³/mol. The number of benzene rings is 1. The van der Waals surface area contributed by atoms with Gasteiger partial charge in [-0.3, -0.25) is 9.59 Å². The highest BCUT2D eigenvalue weighted by Crippen LogP contribution is 2.38. The van der Waals surface area contributed by atoms with E-state index in [2.05, 4.69) is 0 Å². The number of carboxylic acid groups (broad SMARTS) is 1. The molecule has 2 atom stereocenters. The maximum atomic E-state index is 12.5. The number of hydrogen-bond acceptors (Lipinski definition) is 4. The van der Waals surface area contributed by atoms with Gasteiger partial charge in [-0.05, 0) is 24.5 Å². The van der Waals surface area contributed by atoms with Gasteiger partial charge in [0.25, 0.3) is 0 Å². The van der Waals surface area contributed by atoms with Crippen LogP contribution in [0, 0.1) is 0 Å². The van der Waals surface area contributed by atoms with Gasteiger partial charge < -0.3 is 10.0 Å². The number of amides is 1. The molecule has 1 aromatic rings. The van der Waals surface area contributed by atoms with E-state index in [-0.39, 0.29) is 12.3 Å². The largest absolute Gasteiger partial charge is 0.481 e. The van der Waals surface area contributed by atoms with Gasteiger partial charge in [-0.1, -0.05) is 18.2 Å². The fourth-order valence-corrected chi connectivity index (χ4v) is 4.88. The second kappa shape index (κ2) is 4.84. The predicted octanol–water partition coefficient (Wildman–Crippen LogP) is 0.779. The van der Waals surface area contributed by atoms with Gasteiger partial charge in [0.2, 0.25) is 5.91 Å². The van der Waals surface area contributed by atoms with E-state index in [1.807, 2.05) is 0 Å². The Kier molecular flexibility index (Phi) is 3.24. The Hall–Kier alpha value is -1.89. The standard InChI is InChI=1S/C14H15NO5S/c16-13(12-6-3-7-21(12,19)20)15-8-10(14(17)18)9-4-1-2-5-11(9)15/h1-2,4-5,10,12H,3,6-8H2,(H,17,18). The van der Waals surface area contributed by atoms with Gasteiger partial charge in [-0.2, -0.15) is 0 Å². The van der Waals surface area contributed by atoms with Crippen LogP contribution in [0.5, 0.6) is 0 Å². The number of carbonyl (C=O) groups excluding carboxylic acids is 1. The smallest absolute Gasteiger partial charge is 0.312 e. The summed E-state index contributed by atoms with van der Waals surface area (Å²) in [6, 6.07) is 6.77. The molecular weight excluding hydrogens is 294 g/mol. The number of carbonyl (C=O) groups is 2. The lowest BCUT2D eigenvalue weighted by Gasteiger charge is -2.20. The van der Waals surface area contributed by atoms with E-state index in [0.29, 0.717) is 24.1 Å². The van der Waals surface area contributed by atoms with Crippen LogP contribution in [-0.4, -0.2) is 42.9 Å². The summed E-state index contributed by atoms with van der Waals surface area (Å²) in [5.41, 5.74) is 1.07. The molecule has 0 saturated carbocycles. The molecule has 2 heterocycles. The molecule has 0 radical (unpaired) electrons. The first-order valence-electron chi connectivity index (χ1n) is 6.76. The van der Waals surface area contributed by atoms with Gasteiger partial charge in [0.1, 0.15) is 11.2 Å². The molecule has 6 nitrogen and oxygen atoms in total. The van der Waals surface area contributed by atoms with Crippen LogP contribution in [0.25, 0.3) is 0 Å². The molecule has 0 bridgehead atoms. The van der Waals surface area contributed by atoms with Crippen molar-refractivity contribution in [1.82, 2.24) is 0 Å². The lowest BCUT2D eigenvalue weighted by Crippen LogP contribution is -2.41. The normalized spacial score (nSPS) is 26.6. The van der Waals surface area contributed by atoms with Crippen molar-refractivity contribution >= 4 is 27.4 Å². The van der Waals surface area contributed by atoms with Gasteiger partial charge in [0, 0.05) is 12.2 Å². The fraction of sp³-hybridized carbons (Fsp3) is 0.429. The van der Waals surface area contributed by atoms with Crippen LogP contribution in [0.15, 0.2) is 24.3 Å². The molecule has 21 heavy (non-hydrogen) atoms. The Bertz CT molecular complexity index is 712. The number of fused-ring (bicyclic) bond motifs is 1. The Morgan fingerprint density at radius 2 is 1.95 bits per heavy atom. The molecule has 3 rings (SSSR count). The SMILES string of the molecule is O=C(O)C1CN(C(=O)C2CCCS2(=O)=O)c2ccccc21. The van der Waals surface area contributed by atoms with Crippen molar-refractivity contribution in [3.63, 3.8) is 0 Å². The van der Waals surface area contributed by atoms with E-state index < -0.39 is 32.9 Å². The second-order valence-corrected chi connectivity index (χ2v) is 7.70. The van der Waals surface area contributed by atoms with Gasteiger partial charge in [-0.15, -0.1) is 0 Å². The highest BCUT2D eigenvalue weighted by molar-refractivity contribution is 7.93. The third kappa shape index (κ3) is 2.21. The highest BCUT2D eigenvalue weighted by Gasteiger charge is 2.44. The number of para-hydroxylation sites is 1. The van der Waals surface area contributed by atoms with Crippen LogP contribution in [0.1, 0.15) is 24.3 Å². The first-order valence-corrected chi connectivity index (χ1v) is 8.48. The van der Waals surface area contributed by atoms with Crippen LogP contribution in [0.3, 0.4) is 0 Å². The fourth-order valence-electron chi connectivity index (χ4n) is 3.07. The lowest BCUT2D eigenvalue weighted by molar-refractivity contribution is -0.138. The molecular formula is C14H15NO5S. The minimum Gasteiger partial charge on any atom is -0.481 e. The third-order valence-electron chi connectivity index (χ3n) is 4.14. The van der Waals surface area contributed by atoms with Crippen molar-refractivity contribution in [1.29, 1.82) is 0 Å². The van der Waals surface area contributed by atoms with Crippen LogP contribution >= 0.6 is 0 Å². The first kappa shape index (κ1) is 14.1.